The van der Waals surface area contributed by atoms with Crippen molar-refractivity contribution in [3.8, 4) is 0 Å². The van der Waals surface area contributed by atoms with Gasteiger partial charge >= 0.3 is 0 Å². The monoisotopic (exact) mass is 236 g/mol. The van der Waals surface area contributed by atoms with E-state index in [1.165, 1.54) is 37.9 Å². The molecule has 0 aromatic carbocycles. The number of halogens is 1. The van der Waals surface area contributed by atoms with Crippen molar-refractivity contribution in [3.05, 3.63) is 29.8 Å². The van der Waals surface area contributed by atoms with Gasteiger partial charge in [-0.2, -0.15) is 4.39 Å². The molecule has 1 aliphatic carbocycles. The number of hydrogen-bond acceptors (Lipinski definition) is 2. The first-order valence-corrected chi connectivity index (χ1v) is 6.04. The van der Waals surface area contributed by atoms with Crippen LogP contribution in [0.25, 0.3) is 0 Å². The first-order chi connectivity index (χ1) is 8.18. The van der Waals surface area contributed by atoms with Gasteiger partial charge in [0.05, 0.1) is 5.56 Å². The van der Waals surface area contributed by atoms with Crippen molar-refractivity contribution < 1.29 is 9.18 Å². The lowest BCUT2D eigenvalue weighted by Gasteiger charge is -2.21. The minimum atomic E-state index is -0.684. The van der Waals surface area contributed by atoms with Crippen LogP contribution in [-0.4, -0.2) is 29.4 Å². The third kappa shape index (κ3) is 2.81. The quantitative estimate of drug-likeness (QED) is 0.755. The number of amides is 1. The summed E-state index contributed by atoms with van der Waals surface area (Å²) in [6.07, 6.45) is 6.19. The van der Waals surface area contributed by atoms with Gasteiger partial charge in [0.1, 0.15) is 0 Å². The normalized spacial score (nSPS) is 16.1. The van der Waals surface area contributed by atoms with E-state index in [2.05, 4.69) is 4.98 Å². The highest BCUT2D eigenvalue weighted by atomic mass is 19.1. The van der Waals surface area contributed by atoms with Crippen LogP contribution in [0.5, 0.6) is 0 Å². The SMILES string of the molecule is CN(CC1CCCC1)C(=O)c1cccnc1F. The molecule has 0 saturated heterocycles. The molecule has 0 aliphatic heterocycles. The second-order valence-electron chi connectivity index (χ2n) is 4.68. The number of nitrogens with zero attached hydrogens (tertiary/aromatic N) is 2. The van der Waals surface area contributed by atoms with Crippen molar-refractivity contribution in [2.75, 3.05) is 13.6 Å². The zero-order chi connectivity index (χ0) is 12.3. The Bertz CT molecular complexity index is 402. The van der Waals surface area contributed by atoms with Crippen LogP contribution in [0.1, 0.15) is 36.0 Å². The minimum Gasteiger partial charge on any atom is -0.341 e. The third-order valence-corrected chi connectivity index (χ3v) is 3.34. The first-order valence-electron chi connectivity index (χ1n) is 6.04. The number of pyridine rings is 1. The number of aromatic nitrogens is 1. The van der Waals surface area contributed by atoms with E-state index >= 15 is 0 Å². The largest absolute Gasteiger partial charge is 0.341 e. The van der Waals surface area contributed by atoms with Crippen molar-refractivity contribution in [2.45, 2.75) is 25.7 Å². The third-order valence-electron chi connectivity index (χ3n) is 3.34. The minimum absolute atomic E-state index is 0.0630. The Morgan fingerprint density at radius 2 is 2.24 bits per heavy atom. The Morgan fingerprint density at radius 3 is 2.88 bits per heavy atom. The van der Waals surface area contributed by atoms with Crippen LogP contribution in [0.4, 0.5) is 4.39 Å². The smallest absolute Gasteiger partial charge is 0.258 e. The summed E-state index contributed by atoms with van der Waals surface area (Å²) in [5.74, 6) is -0.387. The molecule has 1 aromatic heterocycles. The molecule has 2 rings (SSSR count). The van der Waals surface area contributed by atoms with E-state index in [9.17, 15) is 9.18 Å². The Balaban J connectivity index is 2.01. The molecular weight excluding hydrogens is 219 g/mol. The summed E-state index contributed by atoms with van der Waals surface area (Å²) in [6.45, 7) is 0.715. The predicted octanol–water partition coefficient (Wildman–Crippen LogP) is 2.48. The van der Waals surface area contributed by atoms with E-state index in [0.29, 0.717) is 12.5 Å². The van der Waals surface area contributed by atoms with E-state index in [1.807, 2.05) is 0 Å². The van der Waals surface area contributed by atoms with Gasteiger partial charge in [-0.25, -0.2) is 4.98 Å². The Hall–Kier alpha value is -1.45. The number of rotatable bonds is 3. The molecule has 1 aliphatic rings. The molecule has 0 N–H and O–H groups in total. The maximum absolute atomic E-state index is 13.4. The summed E-state index contributed by atoms with van der Waals surface area (Å²) in [7, 11) is 1.73. The van der Waals surface area contributed by atoms with Gasteiger partial charge in [0, 0.05) is 19.8 Å². The lowest BCUT2D eigenvalue weighted by Crippen LogP contribution is -2.31. The fraction of sp³-hybridized carbons (Fsp3) is 0.538. The maximum atomic E-state index is 13.4. The Morgan fingerprint density at radius 1 is 1.53 bits per heavy atom. The summed E-state index contributed by atoms with van der Waals surface area (Å²) in [5.41, 5.74) is 0.0630. The molecule has 1 amide bonds. The van der Waals surface area contributed by atoms with Crippen LogP contribution >= 0.6 is 0 Å². The molecule has 0 atom stereocenters. The van der Waals surface area contributed by atoms with Crippen molar-refractivity contribution in [1.29, 1.82) is 0 Å². The second-order valence-corrected chi connectivity index (χ2v) is 4.68. The predicted molar refractivity (Wildman–Crippen MR) is 63.1 cm³/mol. The molecule has 1 fully saturated rings. The highest BCUT2D eigenvalue weighted by molar-refractivity contribution is 5.93. The highest BCUT2D eigenvalue weighted by Gasteiger charge is 2.22. The van der Waals surface area contributed by atoms with E-state index < -0.39 is 5.95 Å². The van der Waals surface area contributed by atoms with Gasteiger partial charge in [-0.3, -0.25) is 4.79 Å². The van der Waals surface area contributed by atoms with E-state index in [1.54, 1.807) is 18.0 Å². The van der Waals surface area contributed by atoms with Crippen molar-refractivity contribution >= 4 is 5.91 Å². The second kappa shape index (κ2) is 5.25. The van der Waals surface area contributed by atoms with Gasteiger partial charge in [-0.15, -0.1) is 0 Å². The lowest BCUT2D eigenvalue weighted by atomic mass is 10.1. The zero-order valence-electron chi connectivity index (χ0n) is 10.0. The molecule has 1 saturated carbocycles. The molecule has 0 spiro atoms. The summed E-state index contributed by atoms with van der Waals surface area (Å²) in [6, 6.07) is 3.07. The van der Waals surface area contributed by atoms with Crippen LogP contribution in [-0.2, 0) is 0 Å². The van der Waals surface area contributed by atoms with Crippen molar-refractivity contribution in [1.82, 2.24) is 9.88 Å². The average molecular weight is 236 g/mol. The molecule has 0 radical (unpaired) electrons. The van der Waals surface area contributed by atoms with Crippen molar-refractivity contribution in [3.63, 3.8) is 0 Å². The molecular formula is C13H17FN2O. The van der Waals surface area contributed by atoms with E-state index in [-0.39, 0.29) is 11.5 Å². The number of hydrogen-bond donors (Lipinski definition) is 0. The summed E-state index contributed by atoms with van der Waals surface area (Å²) in [4.78, 5) is 17.1. The van der Waals surface area contributed by atoms with Gasteiger partial charge in [0.15, 0.2) is 0 Å². The Kier molecular flexibility index (Phi) is 3.71. The summed E-state index contributed by atoms with van der Waals surface area (Å²) in [5, 5.41) is 0. The van der Waals surface area contributed by atoms with Crippen LogP contribution < -0.4 is 0 Å². The highest BCUT2D eigenvalue weighted by Crippen LogP contribution is 2.25. The number of carbonyl (C=O) groups excluding carboxylic acids is 1. The topological polar surface area (TPSA) is 33.2 Å². The fourth-order valence-electron chi connectivity index (χ4n) is 2.41. The summed E-state index contributed by atoms with van der Waals surface area (Å²) < 4.78 is 13.4. The van der Waals surface area contributed by atoms with Gasteiger partial charge in [0.2, 0.25) is 5.95 Å². The summed E-state index contributed by atoms with van der Waals surface area (Å²) >= 11 is 0. The lowest BCUT2D eigenvalue weighted by molar-refractivity contribution is 0.0767. The molecule has 1 aromatic rings. The van der Waals surface area contributed by atoms with Gasteiger partial charge in [-0.05, 0) is 30.9 Å². The molecule has 1 heterocycles. The van der Waals surface area contributed by atoms with Crippen LogP contribution in [0.2, 0.25) is 0 Å². The molecule has 0 unspecified atom stereocenters. The van der Waals surface area contributed by atoms with Gasteiger partial charge in [0.25, 0.3) is 5.91 Å². The van der Waals surface area contributed by atoms with E-state index in [0.717, 1.165) is 0 Å². The average Bonchev–Trinajstić information content (AvgIpc) is 2.81. The van der Waals surface area contributed by atoms with Crippen LogP contribution in [0.15, 0.2) is 18.3 Å². The first kappa shape index (κ1) is 12.0. The molecule has 4 heteroatoms. The van der Waals surface area contributed by atoms with Crippen LogP contribution in [0, 0.1) is 11.9 Å². The molecule has 17 heavy (non-hydrogen) atoms. The standard InChI is InChI=1S/C13H17FN2O/c1-16(9-10-5-2-3-6-10)13(17)11-7-4-8-15-12(11)14/h4,7-8,10H,2-3,5-6,9H2,1H3. The Labute approximate surface area is 101 Å². The van der Waals surface area contributed by atoms with Gasteiger partial charge in [-0.1, -0.05) is 12.8 Å². The van der Waals surface area contributed by atoms with E-state index in [4.69, 9.17) is 0 Å². The number of carbonyl (C=O) groups is 1. The van der Waals surface area contributed by atoms with Crippen molar-refractivity contribution in [2.24, 2.45) is 5.92 Å². The molecule has 92 valence electrons. The molecule has 3 nitrogen and oxygen atoms in total. The fourth-order valence-corrected chi connectivity index (χ4v) is 2.41. The molecule has 0 bridgehead atoms. The zero-order valence-corrected chi connectivity index (χ0v) is 10.0. The maximum Gasteiger partial charge on any atom is 0.258 e. The van der Waals surface area contributed by atoms with Crippen LogP contribution in [0.3, 0.4) is 0 Å². The van der Waals surface area contributed by atoms with Gasteiger partial charge < -0.3 is 4.90 Å².